The van der Waals surface area contributed by atoms with Crippen LogP contribution in [0.25, 0.3) is 0 Å². The van der Waals surface area contributed by atoms with Gasteiger partial charge in [0.2, 0.25) is 15.9 Å². The number of carbonyl (C=O) groups excluding carboxylic acids is 1. The number of hydrogen-bond donors (Lipinski definition) is 1. The molecule has 7 heteroatoms. The molecule has 0 saturated carbocycles. The standard InChI is InChI=1S/C14H19IN2O3S/c1-2-21(19,20)17-9-7-11(8-10-17)14(18)16-13-5-3-12(15)4-6-13/h3-6,11H,2,7-10H2,1H3,(H,16,18). The lowest BCUT2D eigenvalue weighted by Gasteiger charge is -2.30. The van der Waals surface area contributed by atoms with Crippen LogP contribution in [-0.4, -0.2) is 37.5 Å². The summed E-state index contributed by atoms with van der Waals surface area (Å²) in [4.78, 5) is 12.2. The summed E-state index contributed by atoms with van der Waals surface area (Å²) in [6, 6.07) is 7.62. The lowest BCUT2D eigenvalue weighted by Crippen LogP contribution is -2.42. The molecule has 1 fully saturated rings. The fraction of sp³-hybridized carbons (Fsp3) is 0.500. The minimum atomic E-state index is -3.13. The molecule has 0 bridgehead atoms. The zero-order valence-electron chi connectivity index (χ0n) is 11.9. The molecule has 1 amide bonds. The number of hydrogen-bond acceptors (Lipinski definition) is 3. The van der Waals surface area contributed by atoms with Crippen molar-refractivity contribution in [3.05, 3.63) is 27.8 Å². The van der Waals surface area contributed by atoms with E-state index in [2.05, 4.69) is 27.9 Å². The molecular weight excluding hydrogens is 403 g/mol. The maximum absolute atomic E-state index is 12.2. The molecule has 1 heterocycles. The lowest BCUT2D eigenvalue weighted by molar-refractivity contribution is -0.120. The number of benzene rings is 1. The van der Waals surface area contributed by atoms with Gasteiger partial charge >= 0.3 is 0 Å². The zero-order chi connectivity index (χ0) is 15.5. The topological polar surface area (TPSA) is 66.5 Å². The second kappa shape index (κ2) is 7.06. The van der Waals surface area contributed by atoms with Gasteiger partial charge in [0.05, 0.1) is 5.75 Å². The number of rotatable bonds is 4. The molecule has 5 nitrogen and oxygen atoms in total. The number of amides is 1. The van der Waals surface area contributed by atoms with E-state index in [-0.39, 0.29) is 17.6 Å². The Labute approximate surface area is 139 Å². The van der Waals surface area contributed by atoms with Crippen LogP contribution >= 0.6 is 22.6 Å². The SMILES string of the molecule is CCS(=O)(=O)N1CCC(C(=O)Nc2ccc(I)cc2)CC1. The smallest absolute Gasteiger partial charge is 0.227 e. The highest BCUT2D eigenvalue weighted by Gasteiger charge is 2.30. The first-order chi connectivity index (χ1) is 9.92. The van der Waals surface area contributed by atoms with E-state index in [1.807, 2.05) is 24.3 Å². The van der Waals surface area contributed by atoms with Gasteiger partial charge in [-0.15, -0.1) is 0 Å². The number of carbonyl (C=O) groups is 1. The third-order valence-electron chi connectivity index (χ3n) is 3.69. The third-order valence-corrected chi connectivity index (χ3v) is 6.30. The van der Waals surface area contributed by atoms with E-state index in [0.29, 0.717) is 25.9 Å². The fourth-order valence-corrected chi connectivity index (χ4v) is 3.85. The maximum Gasteiger partial charge on any atom is 0.227 e. The van der Waals surface area contributed by atoms with E-state index in [9.17, 15) is 13.2 Å². The Morgan fingerprint density at radius 2 is 1.86 bits per heavy atom. The Morgan fingerprint density at radius 1 is 1.29 bits per heavy atom. The van der Waals surface area contributed by atoms with Crippen LogP contribution in [0.5, 0.6) is 0 Å². The van der Waals surface area contributed by atoms with Crippen molar-refractivity contribution in [2.45, 2.75) is 19.8 Å². The van der Waals surface area contributed by atoms with Crippen LogP contribution in [0.3, 0.4) is 0 Å². The van der Waals surface area contributed by atoms with Gasteiger partial charge in [-0.3, -0.25) is 4.79 Å². The Kier molecular flexibility index (Phi) is 5.61. The third kappa shape index (κ3) is 4.40. The van der Waals surface area contributed by atoms with Crippen LogP contribution in [0.2, 0.25) is 0 Å². The highest BCUT2D eigenvalue weighted by Crippen LogP contribution is 2.22. The highest BCUT2D eigenvalue weighted by molar-refractivity contribution is 14.1. The summed E-state index contributed by atoms with van der Waals surface area (Å²) in [5.74, 6) is -0.0238. The van der Waals surface area contributed by atoms with Crippen molar-refractivity contribution in [3.8, 4) is 0 Å². The predicted molar refractivity (Wildman–Crippen MR) is 91.5 cm³/mol. The molecule has 0 aromatic heterocycles. The molecule has 1 aliphatic heterocycles. The maximum atomic E-state index is 12.2. The van der Waals surface area contributed by atoms with E-state index < -0.39 is 10.0 Å². The molecule has 21 heavy (non-hydrogen) atoms. The monoisotopic (exact) mass is 422 g/mol. The molecule has 1 aromatic carbocycles. The Hall–Kier alpha value is -0.670. The Morgan fingerprint density at radius 3 is 2.38 bits per heavy atom. The van der Waals surface area contributed by atoms with E-state index >= 15 is 0 Å². The molecule has 2 rings (SSSR count). The molecule has 1 saturated heterocycles. The normalized spacial score (nSPS) is 17.6. The average Bonchev–Trinajstić information content (AvgIpc) is 2.49. The van der Waals surface area contributed by atoms with E-state index in [1.54, 1.807) is 6.92 Å². The van der Waals surface area contributed by atoms with Crippen molar-refractivity contribution in [1.82, 2.24) is 4.31 Å². The zero-order valence-corrected chi connectivity index (χ0v) is 14.9. The van der Waals surface area contributed by atoms with Gasteiger partial charge in [0.25, 0.3) is 0 Å². The van der Waals surface area contributed by atoms with E-state index in [0.717, 1.165) is 9.26 Å². The number of halogens is 1. The number of sulfonamides is 1. The van der Waals surface area contributed by atoms with Crippen molar-refractivity contribution < 1.29 is 13.2 Å². The summed E-state index contributed by atoms with van der Waals surface area (Å²) < 4.78 is 26.2. The van der Waals surface area contributed by atoms with Gasteiger partial charge in [-0.25, -0.2) is 12.7 Å². The molecule has 0 aliphatic carbocycles. The molecule has 1 aliphatic rings. The number of nitrogens with one attached hydrogen (secondary N) is 1. The van der Waals surface area contributed by atoms with Crippen molar-refractivity contribution in [1.29, 1.82) is 0 Å². The lowest BCUT2D eigenvalue weighted by atomic mass is 9.97. The van der Waals surface area contributed by atoms with Gasteiger partial charge in [-0.1, -0.05) is 0 Å². The number of anilines is 1. The largest absolute Gasteiger partial charge is 0.326 e. The quantitative estimate of drug-likeness (QED) is 0.758. The summed E-state index contributed by atoms with van der Waals surface area (Å²) in [5, 5.41) is 2.90. The van der Waals surface area contributed by atoms with Gasteiger partial charge in [0.1, 0.15) is 0 Å². The minimum absolute atomic E-state index is 0.0234. The second-order valence-corrected chi connectivity index (χ2v) is 8.57. The molecule has 0 unspecified atom stereocenters. The summed E-state index contributed by atoms with van der Waals surface area (Å²) >= 11 is 2.21. The van der Waals surface area contributed by atoms with E-state index in [1.165, 1.54) is 4.31 Å². The molecule has 116 valence electrons. The van der Waals surface area contributed by atoms with Gasteiger partial charge in [-0.2, -0.15) is 0 Å². The molecular formula is C14H19IN2O3S. The summed E-state index contributed by atoms with van der Waals surface area (Å²) in [6.07, 6.45) is 1.16. The number of nitrogens with zero attached hydrogens (tertiary/aromatic N) is 1. The Bertz CT molecular complexity index is 593. The summed E-state index contributed by atoms with van der Waals surface area (Å²) in [6.45, 7) is 2.51. The van der Waals surface area contributed by atoms with Crippen molar-refractivity contribution in [2.24, 2.45) is 5.92 Å². The van der Waals surface area contributed by atoms with Gasteiger partial charge < -0.3 is 5.32 Å². The predicted octanol–water partition coefficient (Wildman–Crippen LogP) is 2.29. The highest BCUT2D eigenvalue weighted by atomic mass is 127. The van der Waals surface area contributed by atoms with Gasteiger partial charge in [-0.05, 0) is 66.6 Å². The molecule has 0 atom stereocenters. The van der Waals surface area contributed by atoms with Gasteiger partial charge in [0.15, 0.2) is 0 Å². The molecule has 1 aromatic rings. The van der Waals surface area contributed by atoms with Crippen molar-refractivity contribution >= 4 is 44.2 Å². The average molecular weight is 422 g/mol. The molecule has 0 spiro atoms. The molecule has 0 radical (unpaired) electrons. The van der Waals surface area contributed by atoms with Crippen LogP contribution in [0.4, 0.5) is 5.69 Å². The second-order valence-electron chi connectivity index (χ2n) is 5.07. The van der Waals surface area contributed by atoms with Crippen molar-refractivity contribution in [2.75, 3.05) is 24.2 Å². The minimum Gasteiger partial charge on any atom is -0.326 e. The summed E-state index contributed by atoms with van der Waals surface area (Å²) in [5.41, 5.74) is 0.782. The first kappa shape index (κ1) is 16.7. The number of piperidine rings is 1. The fourth-order valence-electron chi connectivity index (χ4n) is 2.36. The van der Waals surface area contributed by atoms with Crippen LogP contribution in [0.1, 0.15) is 19.8 Å². The summed E-state index contributed by atoms with van der Waals surface area (Å²) in [7, 11) is -3.13. The van der Waals surface area contributed by atoms with Crippen LogP contribution in [-0.2, 0) is 14.8 Å². The van der Waals surface area contributed by atoms with Crippen LogP contribution in [0, 0.1) is 9.49 Å². The Balaban J connectivity index is 1.90. The van der Waals surface area contributed by atoms with Crippen molar-refractivity contribution in [3.63, 3.8) is 0 Å². The van der Waals surface area contributed by atoms with E-state index in [4.69, 9.17) is 0 Å². The first-order valence-corrected chi connectivity index (χ1v) is 9.65. The van der Waals surface area contributed by atoms with Crippen LogP contribution < -0.4 is 5.32 Å². The molecule has 1 N–H and O–H groups in total. The van der Waals surface area contributed by atoms with Crippen LogP contribution in [0.15, 0.2) is 24.3 Å². The van der Waals surface area contributed by atoms with Gasteiger partial charge in [0, 0.05) is 28.3 Å². The first-order valence-electron chi connectivity index (χ1n) is 6.96.